The summed E-state index contributed by atoms with van der Waals surface area (Å²) in [7, 11) is 4.77. The van der Waals surface area contributed by atoms with E-state index in [4.69, 9.17) is 24.7 Å². The van der Waals surface area contributed by atoms with E-state index >= 15 is 0 Å². The SMILES string of the molecule is [B]/C=C(\Cl)C#N. The van der Waals surface area contributed by atoms with Crippen LogP contribution in [0.5, 0.6) is 0 Å². The van der Waals surface area contributed by atoms with Crippen LogP contribution in [0.3, 0.4) is 0 Å². The maximum atomic E-state index is 7.80. The molecular formula is C3HBClN. The van der Waals surface area contributed by atoms with Crippen LogP contribution in [0, 0.1) is 11.3 Å². The van der Waals surface area contributed by atoms with Gasteiger partial charge in [-0.3, -0.25) is 0 Å². The first-order valence-corrected chi connectivity index (χ1v) is 1.66. The molecule has 0 rings (SSSR count). The van der Waals surface area contributed by atoms with Gasteiger partial charge in [0.1, 0.15) is 18.9 Å². The van der Waals surface area contributed by atoms with Gasteiger partial charge in [0, 0.05) is 0 Å². The second kappa shape index (κ2) is 2.80. The molecule has 0 aromatic carbocycles. The molecule has 0 saturated carbocycles. The standard InChI is InChI=1S/C3HBClN/c4-1-3(5)2-6/h1H/b3-1-. The Kier molecular flexibility index (Phi) is 2.61. The Morgan fingerprint density at radius 1 is 2.00 bits per heavy atom. The highest BCUT2D eigenvalue weighted by Crippen LogP contribution is 1.92. The maximum Gasteiger partial charge on any atom is 0.110 e. The second-order valence-electron chi connectivity index (χ2n) is 0.626. The minimum Gasteiger partial charge on any atom is -0.192 e. The van der Waals surface area contributed by atoms with E-state index in [9.17, 15) is 0 Å². The van der Waals surface area contributed by atoms with Crippen LogP contribution >= 0.6 is 11.6 Å². The van der Waals surface area contributed by atoms with Crippen molar-refractivity contribution in [3.63, 3.8) is 0 Å². The smallest absolute Gasteiger partial charge is 0.110 e. The zero-order chi connectivity index (χ0) is 4.99. The van der Waals surface area contributed by atoms with E-state index in [1.54, 1.807) is 6.07 Å². The average molecular weight is 97.3 g/mol. The van der Waals surface area contributed by atoms with E-state index in [0.717, 1.165) is 5.98 Å². The van der Waals surface area contributed by atoms with Crippen molar-refractivity contribution >= 4 is 19.4 Å². The lowest BCUT2D eigenvalue weighted by molar-refractivity contribution is 1.53. The van der Waals surface area contributed by atoms with Gasteiger partial charge in [-0.25, -0.2) is 0 Å². The Morgan fingerprint density at radius 2 is 2.50 bits per heavy atom. The first-order chi connectivity index (χ1) is 2.81. The highest BCUT2D eigenvalue weighted by atomic mass is 35.5. The second-order valence-corrected chi connectivity index (χ2v) is 1.03. The van der Waals surface area contributed by atoms with E-state index in [1.165, 1.54) is 0 Å². The third-order valence-electron chi connectivity index (χ3n) is 0.253. The summed E-state index contributed by atoms with van der Waals surface area (Å²) in [6.45, 7) is 0. The van der Waals surface area contributed by atoms with Gasteiger partial charge >= 0.3 is 0 Å². The third kappa shape index (κ3) is 1.86. The Labute approximate surface area is 42.6 Å². The third-order valence-corrected chi connectivity index (χ3v) is 0.464. The molecule has 1 nitrogen and oxygen atoms in total. The molecule has 0 aromatic heterocycles. The molecule has 28 valence electrons. The monoisotopic (exact) mass is 97.0 g/mol. The molecule has 0 aliphatic carbocycles. The highest BCUT2D eigenvalue weighted by molar-refractivity contribution is 6.36. The van der Waals surface area contributed by atoms with Gasteiger partial charge in [-0.15, -0.1) is 5.98 Å². The molecule has 0 saturated heterocycles. The van der Waals surface area contributed by atoms with Crippen LogP contribution in [0.1, 0.15) is 0 Å². The highest BCUT2D eigenvalue weighted by Gasteiger charge is 1.75. The lowest BCUT2D eigenvalue weighted by atomic mass is 10.1. The summed E-state index contributed by atoms with van der Waals surface area (Å²) < 4.78 is 0. The Hall–Kier alpha value is -0.415. The summed E-state index contributed by atoms with van der Waals surface area (Å²) in [5.74, 6) is 1.04. The van der Waals surface area contributed by atoms with Crippen molar-refractivity contribution in [2.75, 3.05) is 0 Å². The quantitative estimate of drug-likeness (QED) is 0.323. The molecule has 0 N–H and O–H groups in total. The molecule has 3 heteroatoms. The van der Waals surface area contributed by atoms with Gasteiger partial charge in [-0.1, -0.05) is 11.6 Å². The number of halogens is 1. The molecule has 0 aliphatic rings. The van der Waals surface area contributed by atoms with Gasteiger partial charge in [-0.05, 0) is 0 Å². The van der Waals surface area contributed by atoms with Crippen LogP contribution in [0.25, 0.3) is 0 Å². The predicted octanol–water partition coefficient (Wildman–Crippen LogP) is 0.759. The van der Waals surface area contributed by atoms with Crippen molar-refractivity contribution in [1.29, 1.82) is 5.26 Å². The molecule has 2 radical (unpaired) electrons. The Morgan fingerprint density at radius 3 is 2.50 bits per heavy atom. The van der Waals surface area contributed by atoms with E-state index in [-0.39, 0.29) is 5.03 Å². The summed E-state index contributed by atoms with van der Waals surface area (Å²) in [5, 5.41) is 7.83. The van der Waals surface area contributed by atoms with Gasteiger partial charge in [0.25, 0.3) is 0 Å². The number of nitriles is 1. The zero-order valence-corrected chi connectivity index (χ0v) is 3.74. The topological polar surface area (TPSA) is 23.8 Å². The number of nitrogens with zero attached hydrogens (tertiary/aromatic N) is 1. The summed E-state index contributed by atoms with van der Waals surface area (Å²) in [6.07, 6.45) is 0. The molecular weight excluding hydrogens is 96.3 g/mol. The first-order valence-electron chi connectivity index (χ1n) is 1.28. The van der Waals surface area contributed by atoms with Crippen molar-refractivity contribution < 1.29 is 0 Å². The minimum absolute atomic E-state index is 0.0231. The van der Waals surface area contributed by atoms with Crippen LogP contribution in [0.15, 0.2) is 11.0 Å². The molecule has 0 unspecified atom stereocenters. The van der Waals surface area contributed by atoms with Crippen molar-refractivity contribution in [1.82, 2.24) is 0 Å². The summed E-state index contributed by atoms with van der Waals surface area (Å²) in [6, 6.07) is 1.62. The summed E-state index contributed by atoms with van der Waals surface area (Å²) in [4.78, 5) is 0. The van der Waals surface area contributed by atoms with Gasteiger partial charge in [0.15, 0.2) is 0 Å². The lowest BCUT2D eigenvalue weighted by Gasteiger charge is -1.67. The van der Waals surface area contributed by atoms with Gasteiger partial charge < -0.3 is 0 Å². The molecule has 6 heavy (non-hydrogen) atoms. The molecule has 0 fully saturated rings. The van der Waals surface area contributed by atoms with Gasteiger partial charge in [-0.2, -0.15) is 5.26 Å². The van der Waals surface area contributed by atoms with Crippen molar-refractivity contribution in [3.8, 4) is 6.07 Å². The molecule has 0 aromatic rings. The predicted molar refractivity (Wildman–Crippen MR) is 25.3 cm³/mol. The number of hydrogen-bond acceptors (Lipinski definition) is 1. The lowest BCUT2D eigenvalue weighted by Crippen LogP contribution is -1.58. The van der Waals surface area contributed by atoms with E-state index < -0.39 is 0 Å². The molecule has 0 bridgehead atoms. The molecule has 0 atom stereocenters. The number of hydrogen-bond donors (Lipinski definition) is 0. The van der Waals surface area contributed by atoms with E-state index in [0.29, 0.717) is 0 Å². The van der Waals surface area contributed by atoms with Crippen molar-refractivity contribution in [2.24, 2.45) is 0 Å². The van der Waals surface area contributed by atoms with Crippen LogP contribution < -0.4 is 0 Å². The fourth-order valence-electron chi connectivity index (χ4n) is 0.0373. The van der Waals surface area contributed by atoms with Crippen LogP contribution in [0.4, 0.5) is 0 Å². The van der Waals surface area contributed by atoms with Crippen LogP contribution in [0.2, 0.25) is 0 Å². The van der Waals surface area contributed by atoms with E-state index in [1.807, 2.05) is 0 Å². The Balaban J connectivity index is 3.61. The first kappa shape index (κ1) is 5.58. The largest absolute Gasteiger partial charge is 0.192 e. The zero-order valence-electron chi connectivity index (χ0n) is 2.98. The summed E-state index contributed by atoms with van der Waals surface area (Å²) in [5.41, 5.74) is 0. The van der Waals surface area contributed by atoms with Crippen molar-refractivity contribution in [2.45, 2.75) is 0 Å². The van der Waals surface area contributed by atoms with Crippen LogP contribution in [-0.2, 0) is 0 Å². The minimum atomic E-state index is 0.0231. The van der Waals surface area contributed by atoms with Crippen molar-refractivity contribution in [3.05, 3.63) is 11.0 Å². The summed E-state index contributed by atoms with van der Waals surface area (Å²) >= 11 is 5.02. The normalized spacial score (nSPS) is 10.3. The Bertz CT molecular complexity index is 102. The number of allylic oxidation sites excluding steroid dienone is 1. The average Bonchev–Trinajstić information content (AvgIpc) is 1.65. The maximum absolute atomic E-state index is 7.80. The fourth-order valence-corrected chi connectivity index (χ4v) is 0.0373. The van der Waals surface area contributed by atoms with Gasteiger partial charge in [0.2, 0.25) is 0 Å². The van der Waals surface area contributed by atoms with E-state index in [2.05, 4.69) is 0 Å². The molecule has 0 aliphatic heterocycles. The molecule has 0 heterocycles. The number of rotatable bonds is 0. The molecule has 0 amide bonds. The van der Waals surface area contributed by atoms with Gasteiger partial charge in [0.05, 0.1) is 0 Å². The fraction of sp³-hybridized carbons (Fsp3) is 0. The van der Waals surface area contributed by atoms with Crippen LogP contribution in [-0.4, -0.2) is 7.85 Å². The molecule has 0 spiro atoms.